The maximum absolute atomic E-state index is 12.0. The van der Waals surface area contributed by atoms with Gasteiger partial charge in [0.1, 0.15) is 0 Å². The molecule has 5 nitrogen and oxygen atoms in total. The number of hydrogen-bond donors (Lipinski definition) is 2. The van der Waals surface area contributed by atoms with Crippen molar-refractivity contribution in [3.05, 3.63) is 53.1 Å². The van der Waals surface area contributed by atoms with Crippen LogP contribution in [0.3, 0.4) is 0 Å². The van der Waals surface area contributed by atoms with E-state index in [-0.39, 0.29) is 11.8 Å². The van der Waals surface area contributed by atoms with Crippen LogP contribution in [0.2, 0.25) is 5.02 Å². The lowest BCUT2D eigenvalue weighted by Gasteiger charge is -2.04. The Balaban J connectivity index is 1.54. The smallest absolute Gasteiger partial charge is 0.230 e. The van der Waals surface area contributed by atoms with Gasteiger partial charge in [0.15, 0.2) is 4.34 Å². The number of thiazole rings is 1. The van der Waals surface area contributed by atoms with Crippen molar-refractivity contribution in [1.29, 1.82) is 0 Å². The number of anilines is 1. The Morgan fingerprint density at radius 1 is 1.19 bits per heavy atom. The molecular formula is C18H16ClN3O2S2. The Morgan fingerprint density at radius 3 is 2.69 bits per heavy atom. The summed E-state index contributed by atoms with van der Waals surface area (Å²) in [5.41, 5.74) is 2.59. The minimum atomic E-state index is -0.110. The first-order valence-electron chi connectivity index (χ1n) is 7.82. The van der Waals surface area contributed by atoms with Crippen LogP contribution >= 0.6 is 34.7 Å². The van der Waals surface area contributed by atoms with Crippen molar-refractivity contribution in [2.24, 2.45) is 0 Å². The van der Waals surface area contributed by atoms with E-state index in [1.807, 2.05) is 30.3 Å². The molecule has 2 amide bonds. The van der Waals surface area contributed by atoms with Gasteiger partial charge >= 0.3 is 0 Å². The lowest BCUT2D eigenvalue weighted by molar-refractivity contribution is -0.118. The van der Waals surface area contributed by atoms with Gasteiger partial charge in [-0.3, -0.25) is 9.59 Å². The molecule has 0 radical (unpaired) electrons. The van der Waals surface area contributed by atoms with Gasteiger partial charge in [0, 0.05) is 24.2 Å². The zero-order chi connectivity index (χ0) is 18.5. The van der Waals surface area contributed by atoms with Crippen LogP contribution in [-0.2, 0) is 16.1 Å². The number of nitrogens with one attached hydrogen (secondary N) is 2. The van der Waals surface area contributed by atoms with E-state index in [1.54, 1.807) is 12.1 Å². The highest BCUT2D eigenvalue weighted by Crippen LogP contribution is 2.31. The van der Waals surface area contributed by atoms with Crippen molar-refractivity contribution >= 4 is 62.4 Å². The van der Waals surface area contributed by atoms with Crippen molar-refractivity contribution in [3.8, 4) is 0 Å². The molecule has 0 aliphatic carbocycles. The summed E-state index contributed by atoms with van der Waals surface area (Å²) in [6, 6.07) is 12.9. The van der Waals surface area contributed by atoms with E-state index >= 15 is 0 Å². The normalized spacial score (nSPS) is 10.7. The third kappa shape index (κ3) is 5.20. The zero-order valence-electron chi connectivity index (χ0n) is 13.9. The average molecular weight is 406 g/mol. The second-order valence-corrected chi connectivity index (χ2v) is 8.22. The summed E-state index contributed by atoms with van der Waals surface area (Å²) in [7, 11) is 0. The predicted octanol–water partition coefficient (Wildman–Crippen LogP) is 4.32. The van der Waals surface area contributed by atoms with Gasteiger partial charge in [-0.15, -0.1) is 11.3 Å². The lowest BCUT2D eigenvalue weighted by Crippen LogP contribution is -2.24. The van der Waals surface area contributed by atoms with Crippen LogP contribution in [0.4, 0.5) is 5.69 Å². The van der Waals surface area contributed by atoms with Gasteiger partial charge in [-0.2, -0.15) is 0 Å². The summed E-state index contributed by atoms with van der Waals surface area (Å²) < 4.78 is 1.79. The zero-order valence-corrected chi connectivity index (χ0v) is 16.3. The number of nitrogens with zero attached hydrogens (tertiary/aromatic N) is 1. The molecule has 0 saturated carbocycles. The summed E-state index contributed by atoms with van der Waals surface area (Å²) >= 11 is 8.74. The third-order valence-electron chi connectivity index (χ3n) is 3.42. The molecule has 3 aromatic rings. The number of hydrogen-bond acceptors (Lipinski definition) is 5. The topological polar surface area (TPSA) is 71.1 Å². The standard InChI is InChI=1S/C18H16ClN3O2S2/c1-11(23)21-14-6-7-15-16(8-14)26-18(22-15)25-10-17(24)20-9-12-2-4-13(19)5-3-12/h2-8H,9-10H2,1H3,(H,20,24)(H,21,23). The first-order chi connectivity index (χ1) is 12.5. The quantitative estimate of drug-likeness (QED) is 0.599. The number of rotatable bonds is 6. The molecule has 0 atom stereocenters. The summed E-state index contributed by atoms with van der Waals surface area (Å²) in [6.45, 7) is 1.94. The molecular weight excluding hydrogens is 390 g/mol. The number of aromatic nitrogens is 1. The van der Waals surface area contributed by atoms with E-state index in [9.17, 15) is 9.59 Å². The minimum absolute atomic E-state index is 0.0526. The second-order valence-electron chi connectivity index (χ2n) is 5.54. The van der Waals surface area contributed by atoms with Crippen molar-refractivity contribution in [3.63, 3.8) is 0 Å². The van der Waals surface area contributed by atoms with Crippen LogP contribution in [0.5, 0.6) is 0 Å². The highest BCUT2D eigenvalue weighted by Gasteiger charge is 2.09. The molecule has 26 heavy (non-hydrogen) atoms. The average Bonchev–Trinajstić information content (AvgIpc) is 3.01. The van der Waals surface area contributed by atoms with E-state index in [0.29, 0.717) is 17.3 Å². The molecule has 0 unspecified atom stereocenters. The first-order valence-corrected chi connectivity index (χ1v) is 10.00. The fourth-order valence-electron chi connectivity index (χ4n) is 2.23. The van der Waals surface area contributed by atoms with Crippen LogP contribution in [0.1, 0.15) is 12.5 Å². The van der Waals surface area contributed by atoms with Crippen LogP contribution in [0.15, 0.2) is 46.8 Å². The summed E-state index contributed by atoms with van der Waals surface area (Å²) in [5, 5.41) is 6.31. The Morgan fingerprint density at radius 2 is 1.96 bits per heavy atom. The van der Waals surface area contributed by atoms with Crippen molar-refractivity contribution in [2.75, 3.05) is 11.1 Å². The fourth-order valence-corrected chi connectivity index (χ4v) is 4.29. The molecule has 3 rings (SSSR count). The van der Waals surface area contributed by atoms with Gasteiger partial charge in [0.05, 0.1) is 16.0 Å². The van der Waals surface area contributed by atoms with Crippen LogP contribution < -0.4 is 10.6 Å². The lowest BCUT2D eigenvalue weighted by atomic mass is 10.2. The summed E-state index contributed by atoms with van der Waals surface area (Å²) in [4.78, 5) is 27.7. The van der Waals surface area contributed by atoms with E-state index in [0.717, 1.165) is 25.8 Å². The van der Waals surface area contributed by atoms with E-state index in [1.165, 1.54) is 30.0 Å². The Hall–Kier alpha value is -2.09. The molecule has 0 bridgehead atoms. The molecule has 0 aliphatic rings. The second kappa shape index (κ2) is 8.53. The maximum Gasteiger partial charge on any atom is 0.230 e. The molecule has 0 spiro atoms. The number of fused-ring (bicyclic) bond motifs is 1. The molecule has 8 heteroatoms. The Bertz CT molecular complexity index is 941. The molecule has 2 N–H and O–H groups in total. The summed E-state index contributed by atoms with van der Waals surface area (Å²) in [6.07, 6.45) is 0. The molecule has 0 fully saturated rings. The largest absolute Gasteiger partial charge is 0.351 e. The van der Waals surface area contributed by atoms with Gasteiger partial charge in [-0.05, 0) is 35.9 Å². The number of carbonyl (C=O) groups is 2. The van der Waals surface area contributed by atoms with Gasteiger partial charge in [-0.1, -0.05) is 35.5 Å². The number of benzene rings is 2. The fraction of sp³-hybridized carbons (Fsp3) is 0.167. The molecule has 1 aromatic heterocycles. The number of carbonyl (C=O) groups excluding carboxylic acids is 2. The number of thioether (sulfide) groups is 1. The third-order valence-corrected chi connectivity index (χ3v) is 5.83. The van der Waals surface area contributed by atoms with Crippen LogP contribution in [0, 0.1) is 0 Å². The van der Waals surface area contributed by atoms with Crippen LogP contribution in [0.25, 0.3) is 10.2 Å². The number of halogens is 1. The number of amides is 2. The van der Waals surface area contributed by atoms with Crippen molar-refractivity contribution in [1.82, 2.24) is 10.3 Å². The molecule has 1 heterocycles. The van der Waals surface area contributed by atoms with E-state index in [2.05, 4.69) is 15.6 Å². The Labute approximate surface area is 164 Å². The predicted molar refractivity (Wildman–Crippen MR) is 108 cm³/mol. The highest BCUT2D eigenvalue weighted by atomic mass is 35.5. The van der Waals surface area contributed by atoms with Crippen LogP contribution in [-0.4, -0.2) is 22.6 Å². The molecule has 2 aromatic carbocycles. The minimum Gasteiger partial charge on any atom is -0.351 e. The SMILES string of the molecule is CC(=O)Nc1ccc2nc(SCC(=O)NCc3ccc(Cl)cc3)sc2c1. The van der Waals surface area contributed by atoms with E-state index < -0.39 is 0 Å². The molecule has 0 aliphatic heterocycles. The highest BCUT2D eigenvalue weighted by molar-refractivity contribution is 8.01. The first kappa shape index (κ1) is 18.7. The van der Waals surface area contributed by atoms with Gasteiger partial charge in [0.25, 0.3) is 0 Å². The molecule has 134 valence electrons. The maximum atomic E-state index is 12.0. The van der Waals surface area contributed by atoms with E-state index in [4.69, 9.17) is 11.6 Å². The van der Waals surface area contributed by atoms with Crippen molar-refractivity contribution in [2.45, 2.75) is 17.8 Å². The monoisotopic (exact) mass is 405 g/mol. The summed E-state index contributed by atoms with van der Waals surface area (Å²) in [5.74, 6) is 0.135. The van der Waals surface area contributed by atoms with Crippen molar-refractivity contribution < 1.29 is 9.59 Å². The van der Waals surface area contributed by atoms with Gasteiger partial charge in [0.2, 0.25) is 11.8 Å². The van der Waals surface area contributed by atoms with Gasteiger partial charge in [-0.25, -0.2) is 4.98 Å². The molecule has 0 saturated heterocycles. The Kier molecular flexibility index (Phi) is 6.13. The van der Waals surface area contributed by atoms with Gasteiger partial charge < -0.3 is 10.6 Å².